The van der Waals surface area contributed by atoms with Crippen molar-refractivity contribution in [1.82, 2.24) is 0 Å². The summed E-state index contributed by atoms with van der Waals surface area (Å²) in [5.74, 6) is 0.444. The summed E-state index contributed by atoms with van der Waals surface area (Å²) in [5.41, 5.74) is 10.6. The van der Waals surface area contributed by atoms with Crippen molar-refractivity contribution in [3.05, 3.63) is 24.3 Å². The zero-order valence-electron chi connectivity index (χ0n) is 7.99. The summed E-state index contributed by atoms with van der Waals surface area (Å²) in [4.78, 5) is 10.6. The smallest absolute Gasteiger partial charge is 0.316 e. The Kier molecular flexibility index (Phi) is 3.50. The van der Waals surface area contributed by atoms with Gasteiger partial charge in [0.1, 0.15) is 18.2 Å². The van der Waals surface area contributed by atoms with Crippen LogP contribution in [0.5, 0.6) is 5.75 Å². The standard InChI is InChI=1S/C9H12N4O2/c10-8(11)5-15-7-3-1-2-6(4-7)13-9(12)14/h1-4H,5H2,(H3,10,11)(H3,12,13,14). The monoisotopic (exact) mass is 208 g/mol. The van der Waals surface area contributed by atoms with Gasteiger partial charge in [-0.05, 0) is 12.1 Å². The van der Waals surface area contributed by atoms with Crippen molar-refractivity contribution in [3.8, 4) is 5.75 Å². The molecule has 15 heavy (non-hydrogen) atoms. The minimum atomic E-state index is -0.640. The lowest BCUT2D eigenvalue weighted by molar-refractivity contribution is 0.259. The summed E-state index contributed by atoms with van der Waals surface area (Å²) >= 11 is 0. The average Bonchev–Trinajstić information content (AvgIpc) is 2.14. The number of primary amides is 1. The third-order valence-corrected chi connectivity index (χ3v) is 1.50. The number of hydrogen-bond acceptors (Lipinski definition) is 3. The predicted molar refractivity (Wildman–Crippen MR) is 57.1 cm³/mol. The van der Waals surface area contributed by atoms with Gasteiger partial charge in [0.05, 0.1) is 0 Å². The van der Waals surface area contributed by atoms with Crippen LogP contribution in [0.1, 0.15) is 0 Å². The summed E-state index contributed by atoms with van der Waals surface area (Å²) < 4.78 is 5.15. The molecular formula is C9H12N4O2. The first kappa shape index (κ1) is 10.8. The zero-order valence-corrected chi connectivity index (χ0v) is 7.99. The predicted octanol–water partition coefficient (Wildman–Crippen LogP) is 0.492. The van der Waals surface area contributed by atoms with Crippen molar-refractivity contribution in [3.63, 3.8) is 0 Å². The fourth-order valence-corrected chi connectivity index (χ4v) is 0.967. The summed E-state index contributed by atoms with van der Waals surface area (Å²) in [6.07, 6.45) is 0. The molecule has 6 heteroatoms. The van der Waals surface area contributed by atoms with Crippen LogP contribution in [0.4, 0.5) is 10.5 Å². The lowest BCUT2D eigenvalue weighted by Gasteiger charge is -2.06. The van der Waals surface area contributed by atoms with Gasteiger partial charge in [0.2, 0.25) is 0 Å². The summed E-state index contributed by atoms with van der Waals surface area (Å²) in [5, 5.41) is 9.38. The van der Waals surface area contributed by atoms with Gasteiger partial charge in [-0.2, -0.15) is 0 Å². The van der Waals surface area contributed by atoms with Gasteiger partial charge >= 0.3 is 6.03 Å². The van der Waals surface area contributed by atoms with Gasteiger partial charge in [0.15, 0.2) is 0 Å². The molecule has 0 heterocycles. The van der Waals surface area contributed by atoms with Gasteiger partial charge in [-0.3, -0.25) is 5.41 Å². The van der Waals surface area contributed by atoms with Crippen molar-refractivity contribution in [2.75, 3.05) is 11.9 Å². The first-order valence-corrected chi connectivity index (χ1v) is 4.20. The number of carbonyl (C=O) groups is 1. The Labute approximate surface area is 86.7 Å². The molecule has 0 bridgehead atoms. The van der Waals surface area contributed by atoms with E-state index in [2.05, 4.69) is 5.32 Å². The van der Waals surface area contributed by atoms with E-state index in [9.17, 15) is 4.79 Å². The van der Waals surface area contributed by atoms with E-state index in [1.807, 2.05) is 0 Å². The highest BCUT2D eigenvalue weighted by Gasteiger charge is 1.99. The molecule has 0 aliphatic heterocycles. The van der Waals surface area contributed by atoms with E-state index in [1.165, 1.54) is 0 Å². The molecule has 6 N–H and O–H groups in total. The zero-order chi connectivity index (χ0) is 11.3. The second kappa shape index (κ2) is 4.85. The highest BCUT2D eigenvalue weighted by Crippen LogP contribution is 2.16. The number of nitrogens with one attached hydrogen (secondary N) is 2. The fourth-order valence-electron chi connectivity index (χ4n) is 0.967. The number of rotatable bonds is 4. The number of amidine groups is 1. The summed E-state index contributed by atoms with van der Waals surface area (Å²) in [6.45, 7) is 0.0139. The molecule has 1 aromatic rings. The van der Waals surface area contributed by atoms with Gasteiger partial charge in [0.25, 0.3) is 0 Å². The lowest BCUT2D eigenvalue weighted by atomic mass is 10.3. The molecule has 0 saturated carbocycles. The molecule has 0 atom stereocenters. The molecule has 1 rings (SSSR count). The highest BCUT2D eigenvalue weighted by atomic mass is 16.5. The number of nitrogens with two attached hydrogens (primary N) is 2. The Bertz CT molecular complexity index is 378. The van der Waals surface area contributed by atoms with Crippen molar-refractivity contribution < 1.29 is 9.53 Å². The van der Waals surface area contributed by atoms with E-state index >= 15 is 0 Å². The summed E-state index contributed by atoms with van der Waals surface area (Å²) in [7, 11) is 0. The number of amides is 2. The van der Waals surface area contributed by atoms with E-state index in [-0.39, 0.29) is 12.4 Å². The molecule has 0 unspecified atom stereocenters. The van der Waals surface area contributed by atoms with Crippen molar-refractivity contribution >= 4 is 17.6 Å². The van der Waals surface area contributed by atoms with E-state index in [4.69, 9.17) is 21.6 Å². The maximum Gasteiger partial charge on any atom is 0.316 e. The molecule has 0 fully saturated rings. The number of urea groups is 1. The topological polar surface area (TPSA) is 114 Å². The number of anilines is 1. The fraction of sp³-hybridized carbons (Fsp3) is 0.111. The van der Waals surface area contributed by atoms with Crippen LogP contribution in [0.15, 0.2) is 24.3 Å². The van der Waals surface area contributed by atoms with Gasteiger partial charge < -0.3 is 21.5 Å². The van der Waals surface area contributed by atoms with Crippen LogP contribution in [0, 0.1) is 5.41 Å². The Morgan fingerprint density at radius 3 is 2.80 bits per heavy atom. The van der Waals surface area contributed by atoms with E-state index in [0.29, 0.717) is 11.4 Å². The number of ether oxygens (including phenoxy) is 1. The lowest BCUT2D eigenvalue weighted by Crippen LogP contribution is -2.20. The summed E-state index contributed by atoms with van der Waals surface area (Å²) in [6, 6.07) is 6.01. The van der Waals surface area contributed by atoms with Gasteiger partial charge in [-0.15, -0.1) is 0 Å². The number of hydrogen-bond donors (Lipinski definition) is 4. The Morgan fingerprint density at radius 2 is 2.20 bits per heavy atom. The first-order valence-electron chi connectivity index (χ1n) is 4.20. The molecule has 0 saturated heterocycles. The average molecular weight is 208 g/mol. The van der Waals surface area contributed by atoms with Crippen molar-refractivity contribution in [2.24, 2.45) is 11.5 Å². The molecule has 80 valence electrons. The SMILES string of the molecule is N=C(N)COc1cccc(NC(N)=O)c1. The molecular weight excluding hydrogens is 196 g/mol. The molecule has 0 aliphatic carbocycles. The third kappa shape index (κ3) is 3.99. The van der Waals surface area contributed by atoms with Crippen LogP contribution in [-0.4, -0.2) is 18.5 Å². The van der Waals surface area contributed by atoms with Crippen molar-refractivity contribution in [2.45, 2.75) is 0 Å². The largest absolute Gasteiger partial charge is 0.486 e. The normalized spacial score (nSPS) is 9.33. The van der Waals surface area contributed by atoms with Gasteiger partial charge in [-0.1, -0.05) is 6.07 Å². The maximum absolute atomic E-state index is 10.6. The minimum absolute atomic E-state index is 0.0139. The first-order chi connectivity index (χ1) is 7.08. The highest BCUT2D eigenvalue weighted by molar-refractivity contribution is 5.88. The Balaban J connectivity index is 2.65. The molecule has 1 aromatic carbocycles. The van der Waals surface area contributed by atoms with Crippen LogP contribution in [0.2, 0.25) is 0 Å². The van der Waals surface area contributed by atoms with Crippen LogP contribution in [0.25, 0.3) is 0 Å². The van der Waals surface area contributed by atoms with E-state index < -0.39 is 6.03 Å². The van der Waals surface area contributed by atoms with Crippen LogP contribution < -0.4 is 21.5 Å². The molecule has 0 spiro atoms. The number of carbonyl (C=O) groups excluding carboxylic acids is 1. The number of benzene rings is 1. The molecule has 6 nitrogen and oxygen atoms in total. The Morgan fingerprint density at radius 1 is 1.47 bits per heavy atom. The van der Waals surface area contributed by atoms with Crippen LogP contribution >= 0.6 is 0 Å². The van der Waals surface area contributed by atoms with Gasteiger partial charge in [-0.25, -0.2) is 4.79 Å². The molecule has 2 amide bonds. The second-order valence-corrected chi connectivity index (χ2v) is 2.83. The molecule has 0 aliphatic rings. The third-order valence-electron chi connectivity index (χ3n) is 1.50. The Hall–Kier alpha value is -2.24. The minimum Gasteiger partial charge on any atom is -0.486 e. The molecule has 0 radical (unpaired) electrons. The van der Waals surface area contributed by atoms with E-state index in [1.54, 1.807) is 24.3 Å². The van der Waals surface area contributed by atoms with E-state index in [0.717, 1.165) is 0 Å². The quantitative estimate of drug-likeness (QED) is 0.426. The van der Waals surface area contributed by atoms with Crippen LogP contribution in [-0.2, 0) is 0 Å². The maximum atomic E-state index is 10.6. The van der Waals surface area contributed by atoms with Crippen molar-refractivity contribution in [1.29, 1.82) is 5.41 Å². The van der Waals surface area contributed by atoms with Crippen LogP contribution in [0.3, 0.4) is 0 Å². The second-order valence-electron chi connectivity index (χ2n) is 2.83. The molecule has 0 aromatic heterocycles. The van der Waals surface area contributed by atoms with Gasteiger partial charge in [0, 0.05) is 11.8 Å².